The van der Waals surface area contributed by atoms with Crippen LogP contribution in [0.5, 0.6) is 0 Å². The van der Waals surface area contributed by atoms with Crippen molar-refractivity contribution in [3.8, 4) is 78.4 Å². The van der Waals surface area contributed by atoms with Gasteiger partial charge in [-0.3, -0.25) is 4.98 Å². The van der Waals surface area contributed by atoms with Gasteiger partial charge in [0.1, 0.15) is 0 Å². The molecule has 8 aromatic carbocycles. The molecule has 0 unspecified atom stereocenters. The van der Waals surface area contributed by atoms with Gasteiger partial charge >= 0.3 is 0 Å². The predicted molar refractivity (Wildman–Crippen MR) is 245 cm³/mol. The first kappa shape index (κ1) is 34.7. The molecule has 1 aliphatic carbocycles. The molecule has 1 aliphatic rings. The number of hydrogen-bond acceptors (Lipinski definition) is 3. The van der Waals surface area contributed by atoms with Gasteiger partial charge in [-0.15, -0.1) is 0 Å². The fraction of sp³-hybridized carbons (Fsp3) is 0.0536. The molecule has 11 rings (SSSR count). The number of benzene rings is 8. The normalized spacial score (nSPS) is 12.7. The van der Waals surface area contributed by atoms with Gasteiger partial charge in [-0.25, -0.2) is 9.97 Å². The van der Waals surface area contributed by atoms with Crippen LogP contribution in [0.4, 0.5) is 0 Å². The summed E-state index contributed by atoms with van der Waals surface area (Å²) in [5.41, 5.74) is 17.3. The Labute approximate surface area is 344 Å². The van der Waals surface area contributed by atoms with Crippen LogP contribution in [0.2, 0.25) is 0 Å². The van der Waals surface area contributed by atoms with Crippen molar-refractivity contribution in [1.82, 2.24) is 15.0 Å². The summed E-state index contributed by atoms with van der Waals surface area (Å²) >= 11 is 0. The van der Waals surface area contributed by atoms with Crippen molar-refractivity contribution in [2.24, 2.45) is 0 Å². The highest BCUT2D eigenvalue weighted by molar-refractivity contribution is 6.05. The van der Waals surface area contributed by atoms with Crippen molar-refractivity contribution < 1.29 is 0 Å². The summed E-state index contributed by atoms with van der Waals surface area (Å²) in [6, 6.07) is 67.6. The lowest BCUT2D eigenvalue weighted by Crippen LogP contribution is -2.15. The number of pyridine rings is 1. The highest BCUT2D eigenvalue weighted by atomic mass is 14.9. The van der Waals surface area contributed by atoms with Crippen molar-refractivity contribution in [2.45, 2.75) is 19.3 Å². The molecule has 278 valence electrons. The first-order valence-electron chi connectivity index (χ1n) is 20.2. The molecule has 2 aromatic heterocycles. The van der Waals surface area contributed by atoms with E-state index in [0.29, 0.717) is 5.82 Å². The lowest BCUT2D eigenvalue weighted by Gasteiger charge is -2.23. The highest BCUT2D eigenvalue weighted by Crippen LogP contribution is 2.52. The van der Waals surface area contributed by atoms with Crippen LogP contribution in [0, 0.1) is 0 Å². The van der Waals surface area contributed by atoms with Crippen LogP contribution in [0.1, 0.15) is 25.0 Å². The largest absolute Gasteiger partial charge is 0.264 e. The van der Waals surface area contributed by atoms with Gasteiger partial charge in [0.25, 0.3) is 0 Å². The minimum absolute atomic E-state index is 0.0979. The van der Waals surface area contributed by atoms with Crippen LogP contribution in [0.25, 0.3) is 100.0 Å². The van der Waals surface area contributed by atoms with E-state index in [0.717, 1.165) is 44.6 Å². The average Bonchev–Trinajstić information content (AvgIpc) is 3.54. The van der Waals surface area contributed by atoms with Crippen molar-refractivity contribution in [1.29, 1.82) is 0 Å². The smallest absolute Gasteiger partial charge is 0.160 e. The number of fused-ring (bicyclic) bond motifs is 6. The van der Waals surface area contributed by atoms with Crippen LogP contribution in [-0.2, 0) is 5.41 Å². The van der Waals surface area contributed by atoms with E-state index in [1.807, 2.05) is 30.5 Å². The van der Waals surface area contributed by atoms with Crippen LogP contribution < -0.4 is 0 Å². The summed E-state index contributed by atoms with van der Waals surface area (Å²) < 4.78 is 0. The molecule has 3 nitrogen and oxygen atoms in total. The second-order valence-electron chi connectivity index (χ2n) is 16.0. The fourth-order valence-electron chi connectivity index (χ4n) is 9.21. The van der Waals surface area contributed by atoms with E-state index >= 15 is 0 Å². The maximum Gasteiger partial charge on any atom is 0.160 e. The second-order valence-corrected chi connectivity index (χ2v) is 16.0. The first-order chi connectivity index (χ1) is 29.0. The molecule has 10 aromatic rings. The van der Waals surface area contributed by atoms with E-state index in [4.69, 9.17) is 9.97 Å². The molecular formula is C56H39N3. The van der Waals surface area contributed by atoms with Gasteiger partial charge in [0.2, 0.25) is 0 Å². The van der Waals surface area contributed by atoms with Gasteiger partial charge in [0, 0.05) is 34.5 Å². The Kier molecular flexibility index (Phi) is 8.16. The van der Waals surface area contributed by atoms with E-state index in [2.05, 4.69) is 183 Å². The zero-order valence-electron chi connectivity index (χ0n) is 32.9. The summed E-state index contributed by atoms with van der Waals surface area (Å²) in [7, 11) is 0. The third-order valence-electron chi connectivity index (χ3n) is 12.2. The molecule has 0 aliphatic heterocycles. The molecule has 0 atom stereocenters. The topological polar surface area (TPSA) is 38.7 Å². The van der Waals surface area contributed by atoms with E-state index in [-0.39, 0.29) is 5.41 Å². The Balaban J connectivity index is 0.957. The maximum atomic E-state index is 5.21. The third kappa shape index (κ3) is 5.94. The molecular weight excluding hydrogens is 715 g/mol. The molecule has 3 heteroatoms. The van der Waals surface area contributed by atoms with E-state index in [1.54, 1.807) is 6.20 Å². The van der Waals surface area contributed by atoms with Crippen molar-refractivity contribution in [3.63, 3.8) is 0 Å². The van der Waals surface area contributed by atoms with Crippen LogP contribution in [0.3, 0.4) is 0 Å². The van der Waals surface area contributed by atoms with Crippen LogP contribution in [-0.4, -0.2) is 15.0 Å². The summed E-state index contributed by atoms with van der Waals surface area (Å²) in [6.45, 7) is 4.75. The van der Waals surface area contributed by atoms with Crippen molar-refractivity contribution >= 4 is 21.5 Å². The molecule has 2 heterocycles. The number of aromatic nitrogens is 3. The molecule has 0 bridgehead atoms. The second kappa shape index (κ2) is 13.9. The molecule has 0 amide bonds. The predicted octanol–water partition coefficient (Wildman–Crippen LogP) is 14.5. The van der Waals surface area contributed by atoms with Gasteiger partial charge in [0.15, 0.2) is 5.82 Å². The van der Waals surface area contributed by atoms with Gasteiger partial charge < -0.3 is 0 Å². The molecule has 0 spiro atoms. The van der Waals surface area contributed by atoms with Crippen molar-refractivity contribution in [2.75, 3.05) is 0 Å². The lowest BCUT2D eigenvalue weighted by atomic mass is 9.79. The van der Waals surface area contributed by atoms with E-state index < -0.39 is 0 Å². The van der Waals surface area contributed by atoms with Crippen molar-refractivity contribution in [3.05, 3.63) is 212 Å². The molecule has 0 saturated heterocycles. The average molecular weight is 754 g/mol. The summed E-state index contributed by atoms with van der Waals surface area (Å²) in [6.07, 6.45) is 3.69. The minimum atomic E-state index is -0.0979. The molecule has 0 radical (unpaired) electrons. The first-order valence-corrected chi connectivity index (χ1v) is 20.2. The minimum Gasteiger partial charge on any atom is -0.264 e. The van der Waals surface area contributed by atoms with E-state index in [1.165, 1.54) is 60.7 Å². The summed E-state index contributed by atoms with van der Waals surface area (Å²) in [5.74, 6) is 0.699. The van der Waals surface area contributed by atoms with Gasteiger partial charge in [-0.1, -0.05) is 184 Å². The molecule has 0 saturated carbocycles. The zero-order chi connectivity index (χ0) is 39.5. The van der Waals surface area contributed by atoms with Gasteiger partial charge in [0.05, 0.1) is 11.4 Å². The number of hydrogen-bond donors (Lipinski definition) is 0. The van der Waals surface area contributed by atoms with Crippen LogP contribution >= 0.6 is 0 Å². The fourth-order valence-corrected chi connectivity index (χ4v) is 9.21. The number of nitrogens with zero attached hydrogens (tertiary/aromatic N) is 3. The Morgan fingerprint density at radius 3 is 1.71 bits per heavy atom. The Bertz CT molecular complexity index is 3200. The summed E-state index contributed by atoms with van der Waals surface area (Å²) in [4.78, 5) is 14.6. The quantitative estimate of drug-likeness (QED) is 0.170. The standard InChI is InChI=1S/C56H39N3/c1-56(2)51-33-42(27-28-48(51)50-29-26-38-11-6-7-15-45(38)54(50)56)36-18-22-39(23-19-36)44-30-31-49(47-17-9-8-16-46(44)47)53-34-52(58-55(59-53)41-12-4-3-5-13-41)40-24-20-37(21-25-40)43-14-10-32-57-35-43/h3-35H,1-2H3. The monoisotopic (exact) mass is 753 g/mol. The van der Waals surface area contributed by atoms with Gasteiger partial charge in [-0.05, 0) is 95.4 Å². The van der Waals surface area contributed by atoms with E-state index in [9.17, 15) is 0 Å². The SMILES string of the molecule is CC1(C)c2cc(-c3ccc(-c4ccc(-c5cc(-c6ccc(-c7cccnc7)cc6)nc(-c6ccccc6)n5)c5ccccc45)cc3)ccc2-c2ccc3ccccc3c21. The van der Waals surface area contributed by atoms with Gasteiger partial charge in [-0.2, -0.15) is 0 Å². The Morgan fingerprint density at radius 1 is 0.373 bits per heavy atom. The zero-order valence-corrected chi connectivity index (χ0v) is 32.9. The summed E-state index contributed by atoms with van der Waals surface area (Å²) in [5, 5.41) is 4.98. The Morgan fingerprint density at radius 2 is 0.949 bits per heavy atom. The molecule has 0 N–H and O–H groups in total. The molecule has 59 heavy (non-hydrogen) atoms. The highest BCUT2D eigenvalue weighted by Gasteiger charge is 2.37. The number of rotatable bonds is 6. The lowest BCUT2D eigenvalue weighted by molar-refractivity contribution is 0.666. The third-order valence-corrected chi connectivity index (χ3v) is 12.2. The van der Waals surface area contributed by atoms with Crippen LogP contribution in [0.15, 0.2) is 200 Å². The maximum absolute atomic E-state index is 5.21. The Hall–Kier alpha value is -7.49. The molecule has 0 fully saturated rings.